The quantitative estimate of drug-likeness (QED) is 0.863. The third-order valence-electron chi connectivity index (χ3n) is 2.63. The minimum absolute atomic E-state index is 0.138. The zero-order valence-electron chi connectivity index (χ0n) is 8.71. The van der Waals surface area contributed by atoms with E-state index >= 15 is 0 Å². The fourth-order valence-corrected chi connectivity index (χ4v) is 3.50. The van der Waals surface area contributed by atoms with E-state index in [4.69, 9.17) is 0 Å². The van der Waals surface area contributed by atoms with E-state index in [2.05, 4.69) is 21.2 Å². The molecule has 0 saturated carbocycles. The Balaban J connectivity index is 2.27. The summed E-state index contributed by atoms with van der Waals surface area (Å²) in [5.41, 5.74) is 0.602. The van der Waals surface area contributed by atoms with Crippen LogP contribution >= 0.6 is 15.9 Å². The van der Waals surface area contributed by atoms with Crippen molar-refractivity contribution in [3.63, 3.8) is 0 Å². The van der Waals surface area contributed by atoms with E-state index in [1.807, 2.05) is 0 Å². The van der Waals surface area contributed by atoms with Crippen LogP contribution in [0.15, 0.2) is 22.7 Å². The van der Waals surface area contributed by atoms with Crippen LogP contribution in [-0.4, -0.2) is 22.3 Å². The molecule has 5 heteroatoms. The molecule has 1 saturated heterocycles. The van der Waals surface area contributed by atoms with Crippen LogP contribution in [0.2, 0.25) is 0 Å². The van der Waals surface area contributed by atoms with E-state index in [-0.39, 0.29) is 11.9 Å². The molecule has 1 fully saturated rings. The summed E-state index contributed by atoms with van der Waals surface area (Å²) in [6.07, 6.45) is 0.888. The van der Waals surface area contributed by atoms with Gasteiger partial charge in [-0.2, -0.15) is 0 Å². The SMILES string of the molecule is O=S1CCCNC(c2cc(Br)ccc2F)C1. The first kappa shape index (κ1) is 12.2. The second-order valence-corrected chi connectivity index (χ2v) is 6.37. The maximum absolute atomic E-state index is 13.7. The van der Waals surface area contributed by atoms with Gasteiger partial charge in [-0.15, -0.1) is 0 Å². The molecule has 0 aromatic heterocycles. The highest BCUT2D eigenvalue weighted by Gasteiger charge is 2.20. The molecule has 0 spiro atoms. The van der Waals surface area contributed by atoms with Gasteiger partial charge in [0.15, 0.2) is 0 Å². The molecule has 2 atom stereocenters. The zero-order valence-corrected chi connectivity index (χ0v) is 11.1. The minimum atomic E-state index is -0.847. The maximum atomic E-state index is 13.7. The molecule has 0 radical (unpaired) electrons. The van der Waals surface area contributed by atoms with Gasteiger partial charge in [0.25, 0.3) is 0 Å². The lowest BCUT2D eigenvalue weighted by Crippen LogP contribution is -2.24. The third-order valence-corrected chi connectivity index (χ3v) is 4.57. The third kappa shape index (κ3) is 2.90. The molecule has 1 aliphatic heterocycles. The van der Waals surface area contributed by atoms with E-state index in [1.54, 1.807) is 12.1 Å². The van der Waals surface area contributed by atoms with Gasteiger partial charge in [0.1, 0.15) is 5.82 Å². The molecule has 1 aliphatic rings. The summed E-state index contributed by atoms with van der Waals surface area (Å²) >= 11 is 3.33. The number of hydrogen-bond acceptors (Lipinski definition) is 2. The Hall–Kier alpha value is -0.260. The van der Waals surface area contributed by atoms with Crippen molar-refractivity contribution in [1.82, 2.24) is 5.32 Å². The Bertz CT molecular complexity index is 413. The largest absolute Gasteiger partial charge is 0.309 e. The number of halogens is 2. The van der Waals surface area contributed by atoms with Crippen molar-refractivity contribution in [2.24, 2.45) is 0 Å². The summed E-state index contributed by atoms with van der Waals surface area (Å²) in [6, 6.07) is 4.73. The Labute approximate surface area is 105 Å². The average molecular weight is 306 g/mol. The van der Waals surface area contributed by atoms with Crippen LogP contribution in [0.3, 0.4) is 0 Å². The van der Waals surface area contributed by atoms with Gasteiger partial charge in [0.05, 0.1) is 0 Å². The average Bonchev–Trinajstić information content (AvgIpc) is 2.46. The molecule has 0 amide bonds. The molecule has 0 aliphatic carbocycles. The van der Waals surface area contributed by atoms with Gasteiger partial charge < -0.3 is 5.32 Å². The van der Waals surface area contributed by atoms with Crippen LogP contribution in [-0.2, 0) is 10.8 Å². The van der Waals surface area contributed by atoms with Crippen molar-refractivity contribution in [3.8, 4) is 0 Å². The second kappa shape index (κ2) is 5.38. The van der Waals surface area contributed by atoms with Gasteiger partial charge in [-0.1, -0.05) is 15.9 Å². The normalized spacial score (nSPS) is 26.4. The zero-order chi connectivity index (χ0) is 11.5. The first-order valence-corrected chi connectivity index (χ1v) is 7.48. The van der Waals surface area contributed by atoms with Crippen LogP contribution in [0.25, 0.3) is 0 Å². The van der Waals surface area contributed by atoms with Crippen LogP contribution in [0.4, 0.5) is 4.39 Å². The molecule has 2 unspecified atom stereocenters. The van der Waals surface area contributed by atoms with Gasteiger partial charge in [-0.05, 0) is 31.2 Å². The topological polar surface area (TPSA) is 29.1 Å². The van der Waals surface area contributed by atoms with Crippen molar-refractivity contribution < 1.29 is 8.60 Å². The predicted molar refractivity (Wildman–Crippen MR) is 67.3 cm³/mol. The van der Waals surface area contributed by atoms with Crippen LogP contribution in [0, 0.1) is 5.82 Å². The molecular weight excluding hydrogens is 293 g/mol. The number of rotatable bonds is 1. The van der Waals surface area contributed by atoms with Crippen molar-refractivity contribution in [2.75, 3.05) is 18.1 Å². The van der Waals surface area contributed by atoms with Crippen molar-refractivity contribution in [3.05, 3.63) is 34.1 Å². The lowest BCUT2D eigenvalue weighted by Gasteiger charge is -2.16. The van der Waals surface area contributed by atoms with Crippen molar-refractivity contribution in [1.29, 1.82) is 0 Å². The van der Waals surface area contributed by atoms with Crippen LogP contribution in [0.5, 0.6) is 0 Å². The maximum Gasteiger partial charge on any atom is 0.128 e. The van der Waals surface area contributed by atoms with Crippen molar-refractivity contribution >= 4 is 26.7 Å². The van der Waals surface area contributed by atoms with Crippen LogP contribution < -0.4 is 5.32 Å². The smallest absolute Gasteiger partial charge is 0.128 e. The highest BCUT2D eigenvalue weighted by molar-refractivity contribution is 9.10. The number of nitrogens with one attached hydrogen (secondary N) is 1. The fraction of sp³-hybridized carbons (Fsp3) is 0.455. The molecule has 2 nitrogen and oxygen atoms in total. The monoisotopic (exact) mass is 305 g/mol. The first-order valence-electron chi connectivity index (χ1n) is 5.20. The predicted octanol–water partition coefficient (Wildman–Crippen LogP) is 2.37. The lowest BCUT2D eigenvalue weighted by molar-refractivity contribution is 0.537. The summed E-state index contributed by atoms with van der Waals surface area (Å²) in [5, 5.41) is 3.24. The highest BCUT2D eigenvalue weighted by Crippen LogP contribution is 2.23. The summed E-state index contributed by atoms with van der Waals surface area (Å²) in [7, 11) is -0.847. The Morgan fingerprint density at radius 3 is 3.12 bits per heavy atom. The molecule has 1 N–H and O–H groups in total. The van der Waals surface area contributed by atoms with E-state index in [0.29, 0.717) is 17.1 Å². The first-order chi connectivity index (χ1) is 7.66. The Morgan fingerprint density at radius 1 is 1.50 bits per heavy atom. The second-order valence-electron chi connectivity index (χ2n) is 3.84. The van der Waals surface area contributed by atoms with Gasteiger partial charge in [-0.3, -0.25) is 4.21 Å². The van der Waals surface area contributed by atoms with E-state index in [9.17, 15) is 8.60 Å². The highest BCUT2D eigenvalue weighted by atomic mass is 79.9. The van der Waals surface area contributed by atoms with E-state index < -0.39 is 10.8 Å². The lowest BCUT2D eigenvalue weighted by atomic mass is 10.1. The van der Waals surface area contributed by atoms with Gasteiger partial charge in [0.2, 0.25) is 0 Å². The standard InChI is InChI=1S/C11H13BrFNOS/c12-8-2-3-10(13)9(6-8)11-7-16(15)5-1-4-14-11/h2-3,6,11,14H,1,4-5,7H2. The Morgan fingerprint density at radius 2 is 2.31 bits per heavy atom. The summed E-state index contributed by atoms with van der Waals surface area (Å²) < 4.78 is 26.1. The molecule has 1 heterocycles. The summed E-state index contributed by atoms with van der Waals surface area (Å²) in [5.74, 6) is 0.964. The fourth-order valence-electron chi connectivity index (χ4n) is 1.82. The van der Waals surface area contributed by atoms with Gasteiger partial charge in [-0.25, -0.2) is 4.39 Å². The molecule has 88 valence electrons. The number of hydrogen-bond donors (Lipinski definition) is 1. The molecule has 1 aromatic rings. The van der Waals surface area contributed by atoms with Crippen molar-refractivity contribution in [2.45, 2.75) is 12.5 Å². The van der Waals surface area contributed by atoms with Crippen LogP contribution in [0.1, 0.15) is 18.0 Å². The molecular formula is C11H13BrFNOS. The summed E-state index contributed by atoms with van der Waals surface area (Å²) in [6.45, 7) is 0.794. The molecule has 16 heavy (non-hydrogen) atoms. The van der Waals surface area contributed by atoms with E-state index in [1.165, 1.54) is 6.07 Å². The van der Waals surface area contributed by atoms with Gasteiger partial charge in [0, 0.05) is 38.4 Å². The molecule has 0 bridgehead atoms. The Kier molecular flexibility index (Phi) is 4.10. The minimum Gasteiger partial charge on any atom is -0.309 e. The number of benzene rings is 1. The summed E-state index contributed by atoms with van der Waals surface area (Å²) in [4.78, 5) is 0. The molecule has 2 rings (SSSR count). The van der Waals surface area contributed by atoms with E-state index in [0.717, 1.165) is 17.4 Å². The molecule has 1 aromatic carbocycles. The van der Waals surface area contributed by atoms with Gasteiger partial charge >= 0.3 is 0 Å².